The van der Waals surface area contributed by atoms with Crippen LogP contribution in [0.5, 0.6) is 5.75 Å². The molecule has 0 bridgehead atoms. The predicted molar refractivity (Wildman–Crippen MR) is 69.3 cm³/mol. The lowest BCUT2D eigenvalue weighted by Crippen LogP contribution is -2.12. The van der Waals surface area contributed by atoms with E-state index in [4.69, 9.17) is 4.74 Å². The number of nitrogens with zero attached hydrogens (tertiary/aromatic N) is 1. The van der Waals surface area contributed by atoms with E-state index in [0.717, 1.165) is 18.2 Å². The molecule has 0 amide bonds. The van der Waals surface area contributed by atoms with E-state index in [1.54, 1.807) is 0 Å². The summed E-state index contributed by atoms with van der Waals surface area (Å²) in [6.45, 7) is -0.482. The molecule has 2 aromatic rings. The topological polar surface area (TPSA) is 69.4 Å². The molecule has 0 atom stereocenters. The molecular weight excluding hydrogens is 284 g/mol. The molecule has 0 aliphatic rings. The van der Waals surface area contributed by atoms with Crippen LogP contribution < -0.4 is 4.74 Å². The van der Waals surface area contributed by atoms with E-state index in [1.165, 1.54) is 18.2 Å². The lowest BCUT2D eigenvalue weighted by molar-refractivity contribution is -0.384. The zero-order valence-corrected chi connectivity index (χ0v) is 10.6. The maximum absolute atomic E-state index is 12.9. The van der Waals surface area contributed by atoms with Gasteiger partial charge in [-0.25, -0.2) is 8.78 Å². The van der Waals surface area contributed by atoms with Crippen molar-refractivity contribution in [3.63, 3.8) is 0 Å². The van der Waals surface area contributed by atoms with Gasteiger partial charge in [-0.05, 0) is 0 Å². The first-order chi connectivity index (χ1) is 9.95. The van der Waals surface area contributed by atoms with Crippen molar-refractivity contribution in [1.29, 1.82) is 0 Å². The summed E-state index contributed by atoms with van der Waals surface area (Å²) in [4.78, 5) is 21.8. The molecule has 0 saturated heterocycles. The summed E-state index contributed by atoms with van der Waals surface area (Å²) in [6.07, 6.45) is 0. The van der Waals surface area contributed by atoms with Gasteiger partial charge in [0.15, 0.2) is 12.4 Å². The fourth-order valence-corrected chi connectivity index (χ4v) is 1.64. The van der Waals surface area contributed by atoms with Crippen LogP contribution in [-0.4, -0.2) is 17.3 Å². The maximum Gasteiger partial charge on any atom is 0.270 e. The quantitative estimate of drug-likeness (QED) is 0.482. The minimum absolute atomic E-state index is 0.0843. The van der Waals surface area contributed by atoms with Gasteiger partial charge in [0.25, 0.3) is 5.69 Å². The van der Waals surface area contributed by atoms with Gasteiger partial charge in [0, 0.05) is 35.9 Å². The number of hydrogen-bond acceptors (Lipinski definition) is 4. The molecule has 2 rings (SSSR count). The van der Waals surface area contributed by atoms with Gasteiger partial charge in [0.2, 0.25) is 0 Å². The van der Waals surface area contributed by atoms with E-state index in [9.17, 15) is 23.7 Å². The Morgan fingerprint density at radius 1 is 1.14 bits per heavy atom. The molecule has 0 unspecified atom stereocenters. The van der Waals surface area contributed by atoms with Crippen molar-refractivity contribution in [3.05, 3.63) is 69.8 Å². The van der Waals surface area contributed by atoms with Crippen molar-refractivity contribution >= 4 is 11.5 Å². The van der Waals surface area contributed by atoms with Gasteiger partial charge < -0.3 is 4.74 Å². The van der Waals surface area contributed by atoms with E-state index < -0.39 is 28.9 Å². The number of nitro benzene ring substituents is 1. The summed E-state index contributed by atoms with van der Waals surface area (Å²) in [7, 11) is 0. The number of hydrogen-bond donors (Lipinski definition) is 0. The monoisotopic (exact) mass is 293 g/mol. The lowest BCUT2D eigenvalue weighted by atomic mass is 10.1. The minimum Gasteiger partial charge on any atom is -0.485 e. The fourth-order valence-electron chi connectivity index (χ4n) is 1.64. The van der Waals surface area contributed by atoms with Crippen LogP contribution in [0.4, 0.5) is 14.5 Å². The molecule has 21 heavy (non-hydrogen) atoms. The van der Waals surface area contributed by atoms with Crippen molar-refractivity contribution in [1.82, 2.24) is 0 Å². The number of carbonyl (C=O) groups excluding carboxylic acids is 1. The number of carbonyl (C=O) groups is 1. The first kappa shape index (κ1) is 14.6. The van der Waals surface area contributed by atoms with E-state index in [0.29, 0.717) is 6.07 Å². The highest BCUT2D eigenvalue weighted by molar-refractivity contribution is 5.97. The van der Waals surface area contributed by atoms with Gasteiger partial charge in [0.1, 0.15) is 17.4 Å². The summed E-state index contributed by atoms with van der Waals surface area (Å²) < 4.78 is 30.9. The van der Waals surface area contributed by atoms with Crippen molar-refractivity contribution in [3.8, 4) is 5.75 Å². The number of rotatable bonds is 5. The Morgan fingerprint density at radius 3 is 2.43 bits per heavy atom. The number of non-ortho nitro benzene ring substituents is 1. The number of halogens is 2. The van der Waals surface area contributed by atoms with Crippen molar-refractivity contribution in [2.75, 3.05) is 6.61 Å². The molecule has 0 aliphatic carbocycles. The summed E-state index contributed by atoms with van der Waals surface area (Å²) in [5, 5.41) is 10.6. The van der Waals surface area contributed by atoms with E-state index in [1.807, 2.05) is 0 Å². The van der Waals surface area contributed by atoms with Crippen LogP contribution in [0.3, 0.4) is 0 Å². The third kappa shape index (κ3) is 3.82. The second kappa shape index (κ2) is 6.08. The molecule has 108 valence electrons. The Labute approximate surface area is 117 Å². The number of ketones is 1. The molecule has 0 radical (unpaired) electrons. The van der Waals surface area contributed by atoms with Crippen LogP contribution >= 0.6 is 0 Å². The number of benzene rings is 2. The SMILES string of the molecule is O=C(COc1cc(F)cc(F)c1)c1cccc([N+](=O)[O-])c1. The third-order valence-electron chi connectivity index (χ3n) is 2.58. The van der Waals surface area contributed by atoms with Crippen LogP contribution in [-0.2, 0) is 0 Å². The average Bonchev–Trinajstić information content (AvgIpc) is 2.44. The molecule has 5 nitrogen and oxygen atoms in total. The molecular formula is C14H9F2NO4. The first-order valence-electron chi connectivity index (χ1n) is 5.82. The Kier molecular flexibility index (Phi) is 4.22. The van der Waals surface area contributed by atoms with E-state index in [-0.39, 0.29) is 17.0 Å². The minimum atomic E-state index is -0.826. The molecule has 0 saturated carbocycles. The fraction of sp³-hybridized carbons (Fsp3) is 0.0714. The second-order valence-electron chi connectivity index (χ2n) is 4.12. The van der Waals surface area contributed by atoms with Crippen LogP contribution in [0.2, 0.25) is 0 Å². The molecule has 2 aromatic carbocycles. The standard InChI is InChI=1S/C14H9F2NO4/c15-10-5-11(16)7-13(6-10)21-8-14(18)9-2-1-3-12(4-9)17(19)20/h1-7H,8H2. The average molecular weight is 293 g/mol. The van der Waals surface area contributed by atoms with Crippen molar-refractivity contribution < 1.29 is 23.2 Å². The highest BCUT2D eigenvalue weighted by atomic mass is 19.1. The summed E-state index contributed by atoms with van der Waals surface area (Å²) in [5.41, 5.74) is -0.140. The second-order valence-corrected chi connectivity index (χ2v) is 4.12. The van der Waals surface area contributed by atoms with E-state index in [2.05, 4.69) is 0 Å². The predicted octanol–water partition coefficient (Wildman–Crippen LogP) is 3.13. The van der Waals surface area contributed by atoms with Gasteiger partial charge >= 0.3 is 0 Å². The zero-order chi connectivity index (χ0) is 15.4. The Hall–Kier alpha value is -2.83. The van der Waals surface area contributed by atoms with Crippen LogP contribution in [0.25, 0.3) is 0 Å². The van der Waals surface area contributed by atoms with Gasteiger partial charge in [-0.2, -0.15) is 0 Å². The van der Waals surface area contributed by atoms with Crippen molar-refractivity contribution in [2.45, 2.75) is 0 Å². The highest BCUT2D eigenvalue weighted by Crippen LogP contribution is 2.17. The Morgan fingerprint density at radius 2 is 1.81 bits per heavy atom. The number of Topliss-reactive ketones (excluding diaryl/α,β-unsaturated/α-hetero) is 1. The number of ether oxygens (including phenoxy) is 1. The van der Waals surface area contributed by atoms with E-state index >= 15 is 0 Å². The normalized spacial score (nSPS) is 10.2. The largest absolute Gasteiger partial charge is 0.485 e. The summed E-state index contributed by atoms with van der Waals surface area (Å²) in [6, 6.07) is 7.67. The van der Waals surface area contributed by atoms with Gasteiger partial charge in [-0.3, -0.25) is 14.9 Å². The molecule has 0 N–H and O–H groups in total. The van der Waals surface area contributed by atoms with Crippen LogP contribution in [0.15, 0.2) is 42.5 Å². The van der Waals surface area contributed by atoms with Crippen LogP contribution in [0.1, 0.15) is 10.4 Å². The zero-order valence-electron chi connectivity index (χ0n) is 10.6. The number of nitro groups is 1. The Balaban J connectivity index is 2.08. The molecule has 0 aliphatic heterocycles. The molecule has 0 heterocycles. The molecule has 0 spiro atoms. The summed E-state index contributed by atoms with van der Waals surface area (Å²) >= 11 is 0. The van der Waals surface area contributed by atoms with Gasteiger partial charge in [-0.15, -0.1) is 0 Å². The van der Waals surface area contributed by atoms with Crippen molar-refractivity contribution in [2.24, 2.45) is 0 Å². The maximum atomic E-state index is 12.9. The highest BCUT2D eigenvalue weighted by Gasteiger charge is 2.12. The molecule has 7 heteroatoms. The van der Waals surface area contributed by atoms with Gasteiger partial charge in [0.05, 0.1) is 4.92 Å². The third-order valence-corrected chi connectivity index (χ3v) is 2.58. The molecule has 0 aromatic heterocycles. The summed E-state index contributed by atoms with van der Waals surface area (Å²) in [5.74, 6) is -2.32. The first-order valence-corrected chi connectivity index (χ1v) is 5.82. The lowest BCUT2D eigenvalue weighted by Gasteiger charge is -2.06. The van der Waals surface area contributed by atoms with Gasteiger partial charge in [-0.1, -0.05) is 12.1 Å². The smallest absolute Gasteiger partial charge is 0.270 e. The van der Waals surface area contributed by atoms with Crippen LogP contribution in [0, 0.1) is 21.7 Å². The molecule has 0 fully saturated rings. The Bertz CT molecular complexity index is 683.